The minimum Gasteiger partial charge on any atom is -0.497 e. The van der Waals surface area contributed by atoms with Crippen LogP contribution in [0.25, 0.3) is 10.9 Å². The summed E-state index contributed by atoms with van der Waals surface area (Å²) in [5.41, 5.74) is 1.23. The van der Waals surface area contributed by atoms with Crippen molar-refractivity contribution in [1.82, 2.24) is 9.88 Å². The maximum atomic E-state index is 13.5. The van der Waals surface area contributed by atoms with Gasteiger partial charge in [-0.1, -0.05) is 0 Å². The zero-order valence-electron chi connectivity index (χ0n) is 22.2. The molecule has 40 heavy (non-hydrogen) atoms. The lowest BCUT2D eigenvalue weighted by Crippen LogP contribution is -2.42. The highest BCUT2D eigenvalue weighted by atomic mass is 32.2. The SMILES string of the molecule is COc1ccc2ncc(CO)c([C@H](O)CCC3(CC(=O)O)CCN(CCSc4cc(F)c(F)c(F)c4)CC3)c2c1. The summed E-state index contributed by atoms with van der Waals surface area (Å²) in [7, 11) is 1.55. The number of thioether (sulfide) groups is 1. The lowest BCUT2D eigenvalue weighted by molar-refractivity contribution is -0.141. The fraction of sp³-hybridized carbons (Fsp3) is 0.448. The second kappa shape index (κ2) is 13.2. The van der Waals surface area contributed by atoms with Gasteiger partial charge in [0.15, 0.2) is 17.5 Å². The Morgan fingerprint density at radius 3 is 2.50 bits per heavy atom. The van der Waals surface area contributed by atoms with Gasteiger partial charge in [-0.25, -0.2) is 13.2 Å². The minimum absolute atomic E-state index is 0.0196. The van der Waals surface area contributed by atoms with Gasteiger partial charge in [0, 0.05) is 34.3 Å². The van der Waals surface area contributed by atoms with Crippen LogP contribution < -0.4 is 4.74 Å². The fourth-order valence-corrected chi connectivity index (χ4v) is 6.42. The molecule has 2 heterocycles. The van der Waals surface area contributed by atoms with E-state index in [1.54, 1.807) is 31.5 Å². The molecule has 1 aliphatic rings. The van der Waals surface area contributed by atoms with Crippen LogP contribution in [-0.2, 0) is 11.4 Å². The molecule has 1 fully saturated rings. The van der Waals surface area contributed by atoms with E-state index < -0.39 is 34.9 Å². The van der Waals surface area contributed by atoms with Gasteiger partial charge in [-0.2, -0.15) is 0 Å². The first-order valence-corrected chi connectivity index (χ1v) is 14.1. The van der Waals surface area contributed by atoms with Gasteiger partial charge in [-0.05, 0) is 80.1 Å². The largest absolute Gasteiger partial charge is 0.497 e. The summed E-state index contributed by atoms with van der Waals surface area (Å²) in [6, 6.07) is 7.29. The number of ether oxygens (including phenoxy) is 1. The normalized spacial score (nSPS) is 16.2. The first-order valence-electron chi connectivity index (χ1n) is 13.1. The highest BCUT2D eigenvalue weighted by Crippen LogP contribution is 2.42. The number of hydrogen-bond donors (Lipinski definition) is 3. The minimum atomic E-state index is -1.48. The van der Waals surface area contributed by atoms with Crippen molar-refractivity contribution in [2.75, 3.05) is 32.5 Å². The molecule has 11 heteroatoms. The Bertz CT molecular complexity index is 1320. The zero-order chi connectivity index (χ0) is 28.9. The predicted octanol–water partition coefficient (Wildman–Crippen LogP) is 5.32. The molecule has 0 saturated carbocycles. The third-order valence-corrected chi connectivity index (χ3v) is 8.68. The van der Waals surface area contributed by atoms with Crippen molar-refractivity contribution in [3.05, 3.63) is 65.1 Å². The molecule has 0 unspecified atom stereocenters. The number of hydrogen-bond acceptors (Lipinski definition) is 7. The average Bonchev–Trinajstić information content (AvgIpc) is 2.94. The molecule has 3 aromatic rings. The highest BCUT2D eigenvalue weighted by molar-refractivity contribution is 7.99. The Balaban J connectivity index is 1.40. The summed E-state index contributed by atoms with van der Waals surface area (Å²) in [6.07, 6.45) is 2.63. The van der Waals surface area contributed by atoms with Crippen molar-refractivity contribution in [3.8, 4) is 5.75 Å². The van der Waals surface area contributed by atoms with Gasteiger partial charge < -0.3 is 25.0 Å². The molecule has 1 atom stereocenters. The summed E-state index contributed by atoms with van der Waals surface area (Å²) in [6.45, 7) is 1.62. The lowest BCUT2D eigenvalue weighted by Gasteiger charge is -2.41. The number of carbonyl (C=O) groups is 1. The number of benzene rings is 2. The highest BCUT2D eigenvalue weighted by Gasteiger charge is 2.37. The molecule has 0 spiro atoms. The molecule has 0 radical (unpaired) electrons. The number of carboxylic acids is 1. The van der Waals surface area contributed by atoms with Crippen molar-refractivity contribution in [2.45, 2.75) is 49.7 Å². The van der Waals surface area contributed by atoms with E-state index in [1.807, 2.05) is 0 Å². The second-order valence-corrected chi connectivity index (χ2v) is 11.4. The molecule has 0 bridgehead atoms. The summed E-state index contributed by atoms with van der Waals surface area (Å²) in [4.78, 5) is 18.7. The summed E-state index contributed by atoms with van der Waals surface area (Å²) < 4.78 is 45.5. The molecule has 7 nitrogen and oxygen atoms in total. The van der Waals surface area contributed by atoms with E-state index in [4.69, 9.17) is 4.74 Å². The van der Waals surface area contributed by atoms with Gasteiger partial charge in [0.25, 0.3) is 0 Å². The van der Waals surface area contributed by atoms with E-state index in [1.165, 1.54) is 11.8 Å². The predicted molar refractivity (Wildman–Crippen MR) is 146 cm³/mol. The molecule has 4 rings (SSSR count). The van der Waals surface area contributed by atoms with E-state index in [2.05, 4.69) is 9.88 Å². The van der Waals surface area contributed by atoms with E-state index in [0.717, 1.165) is 12.1 Å². The van der Waals surface area contributed by atoms with Gasteiger partial charge in [0.05, 0.1) is 31.8 Å². The van der Waals surface area contributed by atoms with Crippen LogP contribution in [-0.4, -0.2) is 63.7 Å². The van der Waals surface area contributed by atoms with Gasteiger partial charge >= 0.3 is 5.97 Å². The number of fused-ring (bicyclic) bond motifs is 1. The Hall–Kier alpha value is -2.86. The number of methoxy groups -OCH3 is 1. The molecule has 2 aromatic carbocycles. The Morgan fingerprint density at radius 1 is 1.18 bits per heavy atom. The standard InChI is InChI=1S/C29H33F3N2O5S/c1-39-19-2-3-24-21(12-19)27(18(17-35)16-33-24)25(36)4-5-29(15-26(37)38)6-8-34(9-7-29)10-11-40-20-13-22(30)28(32)23(31)14-20/h2-3,12-14,16,25,35-36H,4-11,15,17H2,1H3,(H,37,38)/t25-/m1/s1. The van der Waals surface area contributed by atoms with Crippen molar-refractivity contribution in [3.63, 3.8) is 0 Å². The molecular weight excluding hydrogens is 545 g/mol. The number of aliphatic hydroxyl groups excluding tert-OH is 2. The molecular formula is C29H33F3N2O5S. The first-order chi connectivity index (χ1) is 19.1. The smallest absolute Gasteiger partial charge is 0.303 e. The number of rotatable bonds is 12. The number of aliphatic hydroxyl groups is 2. The topological polar surface area (TPSA) is 103 Å². The van der Waals surface area contributed by atoms with Crippen LogP contribution in [0.4, 0.5) is 13.2 Å². The third kappa shape index (κ3) is 7.06. The van der Waals surface area contributed by atoms with Gasteiger partial charge in [-0.3, -0.25) is 9.78 Å². The number of nitrogens with zero attached hydrogens (tertiary/aromatic N) is 2. The number of likely N-dealkylation sites (tertiary alicyclic amines) is 1. The van der Waals surface area contributed by atoms with Crippen LogP contribution in [0.2, 0.25) is 0 Å². The Morgan fingerprint density at radius 2 is 1.88 bits per heavy atom. The lowest BCUT2D eigenvalue weighted by atomic mass is 9.71. The van der Waals surface area contributed by atoms with Crippen molar-refractivity contribution in [1.29, 1.82) is 0 Å². The van der Waals surface area contributed by atoms with E-state index >= 15 is 0 Å². The number of piperidine rings is 1. The molecule has 1 aliphatic heterocycles. The van der Waals surface area contributed by atoms with Crippen LogP contribution in [0, 0.1) is 22.9 Å². The number of aliphatic carboxylic acids is 1. The maximum Gasteiger partial charge on any atom is 0.303 e. The van der Waals surface area contributed by atoms with Crippen LogP contribution in [0.15, 0.2) is 41.4 Å². The zero-order valence-corrected chi connectivity index (χ0v) is 23.0. The summed E-state index contributed by atoms with van der Waals surface area (Å²) in [5.74, 6) is -3.67. The fourth-order valence-electron chi connectivity index (χ4n) is 5.46. The number of carboxylic acid groups (broad SMARTS) is 1. The summed E-state index contributed by atoms with van der Waals surface area (Å²) >= 11 is 1.23. The molecule has 0 amide bonds. The molecule has 0 aliphatic carbocycles. The van der Waals surface area contributed by atoms with Gasteiger partial charge in [0.1, 0.15) is 5.75 Å². The van der Waals surface area contributed by atoms with Crippen LogP contribution >= 0.6 is 11.8 Å². The third-order valence-electron chi connectivity index (χ3n) is 7.73. The van der Waals surface area contributed by atoms with E-state index in [-0.39, 0.29) is 13.0 Å². The second-order valence-electron chi connectivity index (χ2n) is 10.3. The number of halogens is 3. The molecule has 3 N–H and O–H groups in total. The van der Waals surface area contributed by atoms with Gasteiger partial charge in [-0.15, -0.1) is 11.8 Å². The van der Waals surface area contributed by atoms with Crippen molar-refractivity contribution < 1.29 is 38.0 Å². The van der Waals surface area contributed by atoms with Crippen LogP contribution in [0.1, 0.15) is 49.3 Å². The summed E-state index contributed by atoms with van der Waals surface area (Å²) in [5, 5.41) is 31.6. The van der Waals surface area contributed by atoms with Crippen molar-refractivity contribution in [2.24, 2.45) is 5.41 Å². The van der Waals surface area contributed by atoms with Gasteiger partial charge in [0.2, 0.25) is 0 Å². The number of aromatic nitrogens is 1. The number of pyridine rings is 1. The quantitative estimate of drug-likeness (QED) is 0.196. The maximum absolute atomic E-state index is 13.5. The molecule has 216 valence electrons. The monoisotopic (exact) mass is 578 g/mol. The van der Waals surface area contributed by atoms with Crippen LogP contribution in [0.5, 0.6) is 5.75 Å². The van der Waals surface area contributed by atoms with E-state index in [0.29, 0.717) is 83.7 Å². The Kier molecular flexibility index (Phi) is 9.94. The average molecular weight is 579 g/mol. The first kappa shape index (κ1) is 30.1. The molecule has 1 saturated heterocycles. The Labute approximate surface area is 235 Å². The molecule has 1 aromatic heterocycles. The van der Waals surface area contributed by atoms with Crippen molar-refractivity contribution >= 4 is 28.6 Å². The van der Waals surface area contributed by atoms with E-state index in [9.17, 15) is 33.3 Å². The van der Waals surface area contributed by atoms with Crippen LogP contribution in [0.3, 0.4) is 0 Å².